The molecular weight excluding hydrogens is 398 g/mol. The molecule has 1 aliphatic carbocycles. The van der Waals surface area contributed by atoms with Gasteiger partial charge in [-0.3, -0.25) is 9.69 Å². The molecule has 158 valence electrons. The second-order valence-corrected chi connectivity index (χ2v) is 8.81. The molecule has 2 aromatic carbocycles. The van der Waals surface area contributed by atoms with Gasteiger partial charge in [0.05, 0.1) is 25.9 Å². The highest BCUT2D eigenvalue weighted by molar-refractivity contribution is 6.30. The Morgan fingerprint density at radius 1 is 1.20 bits per heavy atom. The SMILES string of the molecule is COc1ccc(COC[C@H](C)CN2Cc3cc(Cl)ccc3C23C=CC(=O)CC3)cc1. The van der Waals surface area contributed by atoms with Crippen molar-refractivity contribution in [1.82, 2.24) is 4.90 Å². The number of rotatable bonds is 7. The van der Waals surface area contributed by atoms with E-state index in [1.165, 1.54) is 11.1 Å². The number of carbonyl (C=O) groups excluding carboxylic acids is 1. The highest BCUT2D eigenvalue weighted by Crippen LogP contribution is 2.46. The predicted molar refractivity (Wildman–Crippen MR) is 119 cm³/mol. The number of nitrogens with zero attached hydrogens (tertiary/aromatic N) is 1. The van der Waals surface area contributed by atoms with Crippen LogP contribution in [0, 0.1) is 5.92 Å². The maximum absolute atomic E-state index is 11.9. The van der Waals surface area contributed by atoms with E-state index in [1.807, 2.05) is 30.3 Å². The lowest BCUT2D eigenvalue weighted by Gasteiger charge is -2.40. The summed E-state index contributed by atoms with van der Waals surface area (Å²) in [5.41, 5.74) is 3.46. The predicted octanol–water partition coefficient (Wildman–Crippen LogP) is 5.13. The third kappa shape index (κ3) is 4.31. The van der Waals surface area contributed by atoms with Crippen molar-refractivity contribution in [3.8, 4) is 5.75 Å². The van der Waals surface area contributed by atoms with Crippen LogP contribution in [-0.2, 0) is 28.2 Å². The maximum Gasteiger partial charge on any atom is 0.155 e. The third-order valence-corrected chi connectivity index (χ3v) is 6.35. The minimum absolute atomic E-state index is 0.207. The molecule has 5 heteroatoms. The molecule has 4 rings (SSSR count). The van der Waals surface area contributed by atoms with Crippen molar-refractivity contribution in [2.45, 2.75) is 38.5 Å². The normalized spacial score (nSPS) is 21.8. The van der Waals surface area contributed by atoms with Crippen LogP contribution in [0.4, 0.5) is 0 Å². The van der Waals surface area contributed by atoms with Gasteiger partial charge in [-0.25, -0.2) is 0 Å². The summed E-state index contributed by atoms with van der Waals surface area (Å²) in [7, 11) is 1.67. The van der Waals surface area contributed by atoms with Crippen LogP contribution in [0.25, 0.3) is 0 Å². The number of halogens is 1. The summed E-state index contributed by atoms with van der Waals surface area (Å²) in [6.07, 6.45) is 5.25. The third-order valence-electron chi connectivity index (χ3n) is 6.12. The van der Waals surface area contributed by atoms with Crippen LogP contribution in [0.3, 0.4) is 0 Å². The molecule has 2 atom stereocenters. The number of hydrogen-bond donors (Lipinski definition) is 0. The average molecular weight is 426 g/mol. The fourth-order valence-electron chi connectivity index (χ4n) is 4.59. The molecule has 0 bridgehead atoms. The Kier molecular flexibility index (Phi) is 6.28. The molecule has 2 aliphatic rings. The topological polar surface area (TPSA) is 38.8 Å². The number of ether oxygens (including phenoxy) is 2. The lowest BCUT2D eigenvalue weighted by atomic mass is 9.80. The number of methoxy groups -OCH3 is 1. The van der Waals surface area contributed by atoms with Crippen LogP contribution < -0.4 is 4.74 Å². The molecule has 30 heavy (non-hydrogen) atoms. The maximum atomic E-state index is 11.9. The van der Waals surface area contributed by atoms with Crippen molar-refractivity contribution >= 4 is 17.4 Å². The molecule has 1 unspecified atom stereocenters. The van der Waals surface area contributed by atoms with Gasteiger partial charge in [-0.1, -0.05) is 42.8 Å². The van der Waals surface area contributed by atoms with Gasteiger partial charge in [0.25, 0.3) is 0 Å². The molecule has 0 saturated carbocycles. The minimum Gasteiger partial charge on any atom is -0.497 e. The molecule has 1 spiro atoms. The molecule has 0 radical (unpaired) electrons. The standard InChI is InChI=1S/C25H28ClNO3/c1-18(16-30-17-19-3-6-23(29-2)7-4-19)14-27-15-20-13-21(26)5-8-24(20)25(27)11-9-22(28)10-12-25/h3-9,11,13,18H,10,12,14-17H2,1-2H3/t18-,25?/m1/s1. The zero-order valence-electron chi connectivity index (χ0n) is 17.6. The largest absolute Gasteiger partial charge is 0.497 e. The van der Waals surface area contributed by atoms with Crippen LogP contribution in [0.5, 0.6) is 5.75 Å². The number of fused-ring (bicyclic) bond motifs is 2. The molecule has 1 heterocycles. The van der Waals surface area contributed by atoms with Crippen LogP contribution >= 0.6 is 11.6 Å². The molecule has 1 aliphatic heterocycles. The van der Waals surface area contributed by atoms with Crippen molar-refractivity contribution in [3.63, 3.8) is 0 Å². The van der Waals surface area contributed by atoms with Gasteiger partial charge >= 0.3 is 0 Å². The monoisotopic (exact) mass is 425 g/mol. The van der Waals surface area contributed by atoms with E-state index in [-0.39, 0.29) is 11.3 Å². The first kappa shape index (κ1) is 21.1. The quantitative estimate of drug-likeness (QED) is 0.616. The van der Waals surface area contributed by atoms with Gasteiger partial charge in [-0.2, -0.15) is 0 Å². The summed E-state index contributed by atoms with van der Waals surface area (Å²) in [5.74, 6) is 1.42. The zero-order valence-corrected chi connectivity index (χ0v) is 18.3. The Morgan fingerprint density at radius 2 is 2.00 bits per heavy atom. The molecule has 0 aromatic heterocycles. The molecule has 0 N–H and O–H groups in total. The number of benzene rings is 2. The van der Waals surface area contributed by atoms with E-state index in [4.69, 9.17) is 21.1 Å². The van der Waals surface area contributed by atoms with Gasteiger partial charge < -0.3 is 9.47 Å². The Balaban J connectivity index is 1.41. The van der Waals surface area contributed by atoms with Crippen LogP contribution in [0.15, 0.2) is 54.6 Å². The Labute approximate surface area is 183 Å². The lowest BCUT2D eigenvalue weighted by molar-refractivity contribution is -0.115. The highest BCUT2D eigenvalue weighted by Gasteiger charge is 2.44. The van der Waals surface area contributed by atoms with E-state index in [1.54, 1.807) is 13.2 Å². The van der Waals surface area contributed by atoms with Crippen LogP contribution in [-0.4, -0.2) is 30.9 Å². The highest BCUT2D eigenvalue weighted by atomic mass is 35.5. The molecule has 2 aromatic rings. The van der Waals surface area contributed by atoms with Crippen LogP contribution in [0.2, 0.25) is 5.02 Å². The summed E-state index contributed by atoms with van der Waals surface area (Å²) in [5, 5.41) is 0.762. The van der Waals surface area contributed by atoms with E-state index >= 15 is 0 Å². The summed E-state index contributed by atoms with van der Waals surface area (Å²) < 4.78 is 11.2. The van der Waals surface area contributed by atoms with Crippen LogP contribution in [0.1, 0.15) is 36.5 Å². The number of hydrogen-bond acceptors (Lipinski definition) is 4. The first-order valence-corrected chi connectivity index (χ1v) is 10.8. The van der Waals surface area contributed by atoms with E-state index in [0.29, 0.717) is 25.6 Å². The van der Waals surface area contributed by atoms with E-state index in [9.17, 15) is 4.79 Å². The first-order valence-electron chi connectivity index (χ1n) is 10.5. The lowest BCUT2D eigenvalue weighted by Crippen LogP contribution is -2.44. The fraction of sp³-hybridized carbons (Fsp3) is 0.400. The van der Waals surface area contributed by atoms with Gasteiger partial charge in [0.1, 0.15) is 5.75 Å². The molecule has 0 saturated heterocycles. The van der Waals surface area contributed by atoms with E-state index in [0.717, 1.165) is 35.8 Å². The number of carbonyl (C=O) groups is 1. The van der Waals surface area contributed by atoms with E-state index in [2.05, 4.69) is 30.0 Å². The molecular formula is C25H28ClNO3. The summed E-state index contributed by atoms with van der Waals surface area (Å²) in [6.45, 7) is 5.22. The summed E-state index contributed by atoms with van der Waals surface area (Å²) in [6, 6.07) is 14.1. The fourth-order valence-corrected chi connectivity index (χ4v) is 4.78. The smallest absolute Gasteiger partial charge is 0.155 e. The minimum atomic E-state index is -0.210. The van der Waals surface area contributed by atoms with E-state index < -0.39 is 0 Å². The van der Waals surface area contributed by atoms with Gasteiger partial charge in [0, 0.05) is 24.5 Å². The Bertz CT molecular complexity index is 940. The summed E-state index contributed by atoms with van der Waals surface area (Å²) in [4.78, 5) is 14.3. The zero-order chi connectivity index (χ0) is 21.1. The second kappa shape index (κ2) is 8.93. The van der Waals surface area contributed by atoms with Crippen molar-refractivity contribution in [2.75, 3.05) is 20.3 Å². The average Bonchev–Trinajstić information content (AvgIpc) is 3.02. The van der Waals surface area contributed by atoms with Gasteiger partial charge in [-0.15, -0.1) is 0 Å². The van der Waals surface area contributed by atoms with Crippen molar-refractivity contribution < 1.29 is 14.3 Å². The van der Waals surface area contributed by atoms with Crippen molar-refractivity contribution in [1.29, 1.82) is 0 Å². The Morgan fingerprint density at radius 3 is 2.70 bits per heavy atom. The van der Waals surface area contributed by atoms with Gasteiger partial charge in [-0.05, 0) is 59.4 Å². The Hall–Kier alpha value is -2.14. The molecule has 0 fully saturated rings. The number of allylic oxidation sites excluding steroid dienone is 1. The van der Waals surface area contributed by atoms with Crippen molar-refractivity contribution in [3.05, 3.63) is 76.3 Å². The molecule has 0 amide bonds. The van der Waals surface area contributed by atoms with Gasteiger partial charge in [0.2, 0.25) is 0 Å². The summed E-state index contributed by atoms with van der Waals surface area (Å²) >= 11 is 6.25. The number of ketones is 1. The first-order chi connectivity index (χ1) is 14.5. The van der Waals surface area contributed by atoms with Crippen molar-refractivity contribution in [2.24, 2.45) is 5.92 Å². The van der Waals surface area contributed by atoms with Gasteiger partial charge in [0.15, 0.2) is 5.78 Å². The second-order valence-electron chi connectivity index (χ2n) is 8.37. The molecule has 4 nitrogen and oxygen atoms in total.